The van der Waals surface area contributed by atoms with Crippen LogP contribution in [-0.2, 0) is 4.79 Å². The van der Waals surface area contributed by atoms with Crippen LogP contribution in [0.25, 0.3) is 0 Å². The molecular weight excluding hydrogens is 210 g/mol. The summed E-state index contributed by atoms with van der Waals surface area (Å²) in [5.74, 6) is -1.02. The summed E-state index contributed by atoms with van der Waals surface area (Å²) in [7, 11) is 3.24. The summed E-state index contributed by atoms with van der Waals surface area (Å²) in [6, 6.07) is 6.55. The molecule has 1 aromatic rings. The highest BCUT2D eigenvalue weighted by Crippen LogP contribution is 2.18. The second kappa shape index (κ2) is 5.16. The summed E-state index contributed by atoms with van der Waals surface area (Å²) in [4.78, 5) is 23.5. The van der Waals surface area contributed by atoms with Crippen LogP contribution in [0.5, 0.6) is 5.75 Å². The summed E-state index contributed by atoms with van der Waals surface area (Å²) in [6.07, 6.45) is 0. The number of carboxylic acids is 1. The van der Waals surface area contributed by atoms with Gasteiger partial charge in [0, 0.05) is 14.1 Å². The van der Waals surface area contributed by atoms with Gasteiger partial charge in [-0.3, -0.25) is 4.79 Å². The normalized spacial score (nSPS) is 9.62. The minimum atomic E-state index is -1.08. The maximum absolute atomic E-state index is 11.7. The first-order valence-electron chi connectivity index (χ1n) is 4.67. The van der Waals surface area contributed by atoms with Crippen molar-refractivity contribution >= 4 is 11.9 Å². The van der Waals surface area contributed by atoms with Gasteiger partial charge in [-0.05, 0) is 12.1 Å². The van der Waals surface area contributed by atoms with Crippen molar-refractivity contribution in [1.29, 1.82) is 0 Å². The van der Waals surface area contributed by atoms with Crippen molar-refractivity contribution in [2.45, 2.75) is 0 Å². The van der Waals surface area contributed by atoms with E-state index >= 15 is 0 Å². The Labute approximate surface area is 93.2 Å². The van der Waals surface area contributed by atoms with Crippen molar-refractivity contribution in [3.63, 3.8) is 0 Å². The largest absolute Gasteiger partial charge is 0.481 e. The Balaban J connectivity index is 2.91. The number of ether oxygens (including phenoxy) is 1. The third kappa shape index (κ3) is 2.98. The average molecular weight is 223 g/mol. The van der Waals surface area contributed by atoms with E-state index in [9.17, 15) is 9.59 Å². The molecular formula is C11H13NO4. The fraction of sp³-hybridized carbons (Fsp3) is 0.273. The van der Waals surface area contributed by atoms with Crippen molar-refractivity contribution in [1.82, 2.24) is 4.90 Å². The number of benzene rings is 1. The molecule has 1 rings (SSSR count). The zero-order valence-electron chi connectivity index (χ0n) is 9.14. The van der Waals surface area contributed by atoms with Gasteiger partial charge in [-0.2, -0.15) is 0 Å². The van der Waals surface area contributed by atoms with E-state index in [2.05, 4.69) is 0 Å². The fourth-order valence-corrected chi connectivity index (χ4v) is 1.15. The van der Waals surface area contributed by atoms with Crippen molar-refractivity contribution in [2.75, 3.05) is 20.7 Å². The first-order valence-corrected chi connectivity index (χ1v) is 4.67. The molecule has 0 radical (unpaired) electrons. The second-order valence-electron chi connectivity index (χ2n) is 3.38. The van der Waals surface area contributed by atoms with E-state index in [-0.39, 0.29) is 11.7 Å². The van der Waals surface area contributed by atoms with E-state index in [1.165, 1.54) is 4.90 Å². The van der Waals surface area contributed by atoms with Crippen LogP contribution in [0.15, 0.2) is 24.3 Å². The predicted molar refractivity (Wildman–Crippen MR) is 57.6 cm³/mol. The van der Waals surface area contributed by atoms with Crippen LogP contribution in [0.1, 0.15) is 10.4 Å². The van der Waals surface area contributed by atoms with Gasteiger partial charge >= 0.3 is 5.97 Å². The summed E-state index contributed by atoms with van der Waals surface area (Å²) < 4.78 is 5.02. The number of para-hydroxylation sites is 1. The van der Waals surface area contributed by atoms with Crippen molar-refractivity contribution in [3.8, 4) is 5.75 Å². The van der Waals surface area contributed by atoms with E-state index in [0.717, 1.165) is 0 Å². The SMILES string of the molecule is CN(C)C(=O)c1ccccc1OCC(=O)O. The summed E-state index contributed by atoms with van der Waals surface area (Å²) >= 11 is 0. The van der Waals surface area contributed by atoms with Gasteiger partial charge < -0.3 is 14.7 Å². The van der Waals surface area contributed by atoms with Crippen molar-refractivity contribution < 1.29 is 19.4 Å². The molecule has 1 N–H and O–H groups in total. The Morgan fingerprint density at radius 1 is 1.31 bits per heavy atom. The van der Waals surface area contributed by atoms with E-state index in [0.29, 0.717) is 5.56 Å². The molecule has 0 fully saturated rings. The maximum Gasteiger partial charge on any atom is 0.341 e. The van der Waals surface area contributed by atoms with Crippen LogP contribution in [0.3, 0.4) is 0 Å². The Kier molecular flexibility index (Phi) is 3.88. The molecule has 86 valence electrons. The fourth-order valence-electron chi connectivity index (χ4n) is 1.15. The van der Waals surface area contributed by atoms with Gasteiger partial charge in [-0.1, -0.05) is 12.1 Å². The smallest absolute Gasteiger partial charge is 0.341 e. The molecule has 0 aliphatic heterocycles. The molecule has 0 atom stereocenters. The van der Waals surface area contributed by atoms with Crippen LogP contribution in [-0.4, -0.2) is 42.6 Å². The first-order chi connectivity index (χ1) is 7.52. The lowest BCUT2D eigenvalue weighted by Crippen LogP contribution is -2.23. The highest BCUT2D eigenvalue weighted by atomic mass is 16.5. The highest BCUT2D eigenvalue weighted by Gasteiger charge is 2.14. The zero-order chi connectivity index (χ0) is 12.1. The average Bonchev–Trinajstić information content (AvgIpc) is 2.25. The summed E-state index contributed by atoms with van der Waals surface area (Å²) in [5.41, 5.74) is 0.355. The lowest BCUT2D eigenvalue weighted by Gasteiger charge is -2.13. The molecule has 5 nitrogen and oxygen atoms in total. The summed E-state index contributed by atoms with van der Waals surface area (Å²) in [5, 5.41) is 8.49. The van der Waals surface area contributed by atoms with Gasteiger partial charge in [0.1, 0.15) is 5.75 Å². The maximum atomic E-state index is 11.7. The molecule has 0 saturated heterocycles. The monoisotopic (exact) mass is 223 g/mol. The van der Waals surface area contributed by atoms with E-state index in [1.54, 1.807) is 38.4 Å². The van der Waals surface area contributed by atoms with Crippen LogP contribution in [0.4, 0.5) is 0 Å². The van der Waals surface area contributed by atoms with Crippen LogP contribution in [0.2, 0.25) is 0 Å². The Morgan fingerprint density at radius 3 is 2.50 bits per heavy atom. The Hall–Kier alpha value is -2.04. The predicted octanol–water partition coefficient (Wildman–Crippen LogP) is 0.852. The van der Waals surface area contributed by atoms with Gasteiger partial charge in [0.15, 0.2) is 6.61 Å². The number of hydrogen-bond acceptors (Lipinski definition) is 3. The number of aliphatic carboxylic acids is 1. The molecule has 0 bridgehead atoms. The highest BCUT2D eigenvalue weighted by molar-refractivity contribution is 5.96. The van der Waals surface area contributed by atoms with Crippen molar-refractivity contribution in [3.05, 3.63) is 29.8 Å². The van der Waals surface area contributed by atoms with Gasteiger partial charge in [0.05, 0.1) is 5.56 Å². The number of rotatable bonds is 4. The topological polar surface area (TPSA) is 66.8 Å². The van der Waals surface area contributed by atoms with E-state index < -0.39 is 12.6 Å². The first kappa shape index (κ1) is 12.0. The minimum absolute atomic E-state index is 0.221. The third-order valence-corrected chi connectivity index (χ3v) is 1.87. The molecule has 0 heterocycles. The molecule has 1 aromatic carbocycles. The van der Waals surface area contributed by atoms with Gasteiger partial charge in [0.2, 0.25) is 0 Å². The summed E-state index contributed by atoms with van der Waals surface area (Å²) in [6.45, 7) is -0.461. The molecule has 1 amide bonds. The molecule has 0 saturated carbocycles. The van der Waals surface area contributed by atoms with Crippen molar-refractivity contribution in [2.24, 2.45) is 0 Å². The molecule has 16 heavy (non-hydrogen) atoms. The number of hydrogen-bond donors (Lipinski definition) is 1. The lowest BCUT2D eigenvalue weighted by atomic mass is 10.2. The number of amides is 1. The lowest BCUT2D eigenvalue weighted by molar-refractivity contribution is -0.139. The Bertz CT molecular complexity index is 401. The van der Waals surface area contributed by atoms with Gasteiger partial charge in [-0.15, -0.1) is 0 Å². The van der Waals surface area contributed by atoms with E-state index in [4.69, 9.17) is 9.84 Å². The van der Waals surface area contributed by atoms with Crippen LogP contribution in [0, 0.1) is 0 Å². The number of carboxylic acid groups (broad SMARTS) is 1. The van der Waals surface area contributed by atoms with Crippen LogP contribution < -0.4 is 4.74 Å². The molecule has 0 unspecified atom stereocenters. The van der Waals surface area contributed by atoms with Gasteiger partial charge in [0.25, 0.3) is 5.91 Å². The number of carbonyl (C=O) groups excluding carboxylic acids is 1. The van der Waals surface area contributed by atoms with Gasteiger partial charge in [-0.25, -0.2) is 4.79 Å². The minimum Gasteiger partial charge on any atom is -0.481 e. The number of nitrogens with zero attached hydrogens (tertiary/aromatic N) is 1. The second-order valence-corrected chi connectivity index (χ2v) is 3.38. The number of carbonyl (C=O) groups is 2. The third-order valence-electron chi connectivity index (χ3n) is 1.87. The Morgan fingerprint density at radius 2 is 1.94 bits per heavy atom. The quantitative estimate of drug-likeness (QED) is 0.821. The molecule has 5 heteroatoms. The standard InChI is InChI=1S/C11H13NO4/c1-12(2)11(15)8-5-3-4-6-9(8)16-7-10(13)14/h3-6H,7H2,1-2H3,(H,13,14). The molecule has 0 spiro atoms. The molecule has 0 aliphatic rings. The van der Waals surface area contributed by atoms with E-state index in [1.807, 2.05) is 0 Å². The van der Waals surface area contributed by atoms with Crippen LogP contribution >= 0.6 is 0 Å². The zero-order valence-corrected chi connectivity index (χ0v) is 9.14. The molecule has 0 aliphatic carbocycles. The molecule has 0 aromatic heterocycles.